The summed E-state index contributed by atoms with van der Waals surface area (Å²) in [6.07, 6.45) is 9.43. The Morgan fingerprint density at radius 2 is 0.988 bits per heavy atom. The fourth-order valence-corrected chi connectivity index (χ4v) is 13.5. The zero-order chi connectivity index (χ0) is 58.3. The van der Waals surface area contributed by atoms with E-state index in [4.69, 9.17) is 50.0 Å². The van der Waals surface area contributed by atoms with Crippen LogP contribution in [0.3, 0.4) is 0 Å². The minimum absolute atomic E-state index is 0.0618. The van der Waals surface area contributed by atoms with Crippen molar-refractivity contribution in [2.75, 3.05) is 47.2 Å². The highest BCUT2D eigenvalue weighted by molar-refractivity contribution is 7.18. The van der Waals surface area contributed by atoms with Gasteiger partial charge in [0.1, 0.15) is 20.1 Å². The first kappa shape index (κ1) is 58.5. The van der Waals surface area contributed by atoms with Gasteiger partial charge in [-0.2, -0.15) is 0 Å². The predicted octanol–water partition coefficient (Wildman–Crippen LogP) is 14.3. The summed E-state index contributed by atoms with van der Waals surface area (Å²) in [4.78, 5) is 90.8. The molecule has 2 aliphatic carbocycles. The average Bonchev–Trinajstić information content (AvgIpc) is 3.77. The first-order valence-corrected chi connectivity index (χ1v) is 30.2. The Balaban J connectivity index is 0.000000157. The average molecular weight is 1210 g/mol. The maximum atomic E-state index is 13.7. The quantitative estimate of drug-likeness (QED) is 0.0605. The van der Waals surface area contributed by atoms with Gasteiger partial charge in [-0.1, -0.05) is 59.6 Å². The van der Waals surface area contributed by atoms with Gasteiger partial charge in [0.2, 0.25) is 0 Å². The molecule has 0 radical (unpaired) electrons. The molecule has 6 heterocycles. The number of hydrogen-bond acceptors (Lipinski definition) is 13. The maximum Gasteiger partial charge on any atom is 0.348 e. The largest absolute Gasteiger partial charge is 0.462 e. The number of esters is 2. The number of carbonyl (C=O) groups excluding carboxylic acids is 6. The van der Waals surface area contributed by atoms with Crippen LogP contribution in [0.1, 0.15) is 134 Å². The number of nitrogens with zero attached hydrogens (tertiary/aromatic N) is 4. The molecule has 2 aliphatic heterocycles. The highest BCUT2D eigenvalue weighted by Gasteiger charge is 2.30. The highest BCUT2D eigenvalue weighted by atomic mass is 35.5. The first-order valence-electron chi connectivity index (χ1n) is 27.4. The minimum atomic E-state index is -0.532. The van der Waals surface area contributed by atoms with Gasteiger partial charge in [0, 0.05) is 67.9 Å². The van der Waals surface area contributed by atoms with Crippen molar-refractivity contribution in [3.05, 3.63) is 197 Å². The third-order valence-corrected chi connectivity index (χ3v) is 17.8. The number of pyridine rings is 2. The summed E-state index contributed by atoms with van der Waals surface area (Å²) in [5.74, 6) is -1.16. The van der Waals surface area contributed by atoms with Gasteiger partial charge in [0.25, 0.3) is 23.0 Å². The van der Waals surface area contributed by atoms with E-state index in [1.54, 1.807) is 78.2 Å². The summed E-state index contributed by atoms with van der Waals surface area (Å²) in [6, 6.07) is 36.8. The van der Waals surface area contributed by atoms with Crippen LogP contribution in [-0.4, -0.2) is 71.2 Å². The number of anilines is 4. The van der Waals surface area contributed by atoms with Crippen molar-refractivity contribution in [3.63, 3.8) is 0 Å². The molecule has 0 bridgehead atoms. The van der Waals surface area contributed by atoms with Crippen molar-refractivity contribution in [3.8, 4) is 20.9 Å². The molecule has 0 saturated heterocycles. The van der Waals surface area contributed by atoms with E-state index < -0.39 is 5.24 Å². The lowest BCUT2D eigenvalue weighted by atomic mass is 9.95. The summed E-state index contributed by atoms with van der Waals surface area (Å²) in [5.41, 5.74) is 18.5. The molecule has 4 aromatic carbocycles. The van der Waals surface area contributed by atoms with E-state index >= 15 is 0 Å². The molecular weight excluding hydrogens is 1150 g/mol. The van der Waals surface area contributed by atoms with Crippen LogP contribution >= 0.6 is 57.5 Å². The molecule has 0 unspecified atom stereocenters. The van der Waals surface area contributed by atoms with Crippen LogP contribution in [0, 0.1) is 0 Å². The number of aromatic nitrogens is 2. The van der Waals surface area contributed by atoms with E-state index in [-0.39, 0.29) is 40.0 Å². The van der Waals surface area contributed by atoms with E-state index in [0.717, 1.165) is 117 Å². The van der Waals surface area contributed by atoms with E-state index in [2.05, 4.69) is 15.3 Å². The number of fused-ring (bicyclic) bond motifs is 8. The lowest BCUT2D eigenvalue weighted by Gasteiger charge is -2.23. The van der Waals surface area contributed by atoms with Crippen molar-refractivity contribution in [2.45, 2.75) is 78.1 Å². The smallest absolute Gasteiger partial charge is 0.348 e. The van der Waals surface area contributed by atoms with Crippen LogP contribution in [-0.2, 0) is 48.0 Å². The molecule has 12 rings (SSSR count). The molecule has 4 aromatic heterocycles. The molecule has 0 spiro atoms. The Hall–Kier alpha value is -7.73. The number of nitrogens with one attached hydrogen (secondary N) is 1. The van der Waals surface area contributed by atoms with Gasteiger partial charge in [-0.3, -0.25) is 19.2 Å². The molecule has 0 atom stereocenters. The van der Waals surface area contributed by atoms with Crippen molar-refractivity contribution in [1.29, 1.82) is 0 Å². The van der Waals surface area contributed by atoms with Crippen molar-refractivity contribution < 1.29 is 38.2 Å². The Bertz CT molecular complexity index is 3810. The van der Waals surface area contributed by atoms with E-state index in [1.807, 2.05) is 66.7 Å². The van der Waals surface area contributed by atoms with Crippen LogP contribution in [0.25, 0.3) is 20.9 Å². The minimum Gasteiger partial charge on any atom is -0.462 e. The Morgan fingerprint density at radius 1 is 0.554 bits per heavy atom. The molecule has 0 saturated carbocycles. The topological polar surface area (TPSA) is 191 Å². The molecule has 0 fully saturated rings. The van der Waals surface area contributed by atoms with Crippen LogP contribution in [0.2, 0.25) is 10.3 Å². The Kier molecular flexibility index (Phi) is 18.5. The van der Waals surface area contributed by atoms with Crippen molar-refractivity contribution >= 4 is 115 Å². The van der Waals surface area contributed by atoms with E-state index in [0.29, 0.717) is 82.5 Å². The number of carbonyl (C=O) groups is 6. The predicted molar refractivity (Wildman–Crippen MR) is 329 cm³/mol. The van der Waals surface area contributed by atoms with E-state index in [9.17, 15) is 28.8 Å². The lowest BCUT2D eigenvalue weighted by Crippen LogP contribution is -2.32. The molecule has 83 heavy (non-hydrogen) atoms. The maximum absolute atomic E-state index is 13.7. The first-order chi connectivity index (χ1) is 40.2. The molecule has 3 N–H and O–H groups in total. The summed E-state index contributed by atoms with van der Waals surface area (Å²) >= 11 is 20.4. The number of para-hydroxylation sites is 2. The fraction of sp³-hybridized carbons (Fsp3) is 0.250. The van der Waals surface area contributed by atoms with Crippen molar-refractivity contribution in [2.24, 2.45) is 0 Å². The van der Waals surface area contributed by atoms with Gasteiger partial charge < -0.3 is 30.3 Å². The molecule has 14 nitrogen and oxygen atoms in total. The number of halogens is 3. The standard InChI is InChI=1S/C32H28ClN3O4S.C22H20N2O3S.C10H9Cl2NO/c1-2-40-32(39)27-18-21-15-16-36(26-10-6-4-8-23(26)28(21)41-27)31(38)19-11-13-22(14-12-19)34-30(37)24-17-20-7-3-5-9-25(20)35-29(24)33;1-2-27-22(26)19-13-15-11-12-24(21(25)14-7-9-16(23)10-8-14)18-6-4-3-5-17(18)20(15)28-19;11-9-7(10(12)14)5-6-3-1-2-4-8(6)13-9/h4,6,8,10-14,17-18H,2-3,5,7,9,15-16H2,1H3,(H,34,37);3-10,13H,2,11-12,23H2,1H3;5H,1-4H2. The number of aryl methyl sites for hydroxylation is 4. The monoisotopic (exact) mass is 1210 g/mol. The van der Waals surface area contributed by atoms with Crippen LogP contribution in [0.4, 0.5) is 22.7 Å². The number of nitrogens with two attached hydrogens (primary N) is 1. The summed E-state index contributed by atoms with van der Waals surface area (Å²) in [6.45, 7) is 5.25. The van der Waals surface area contributed by atoms with Gasteiger partial charge in [-0.05, 0) is 197 Å². The normalized spacial score (nSPS) is 13.7. The van der Waals surface area contributed by atoms with Gasteiger partial charge in [-0.25, -0.2) is 19.6 Å². The second kappa shape index (κ2) is 26.2. The number of amides is 3. The molecular formula is C64H57Cl3N6O8S2. The number of rotatable bonds is 9. The molecule has 4 aliphatic rings. The van der Waals surface area contributed by atoms with Gasteiger partial charge >= 0.3 is 11.9 Å². The Labute approximate surface area is 503 Å². The van der Waals surface area contributed by atoms with Gasteiger partial charge in [0.15, 0.2) is 0 Å². The third-order valence-electron chi connectivity index (χ3n) is 14.7. The third kappa shape index (κ3) is 13.1. The van der Waals surface area contributed by atoms with Crippen molar-refractivity contribution in [1.82, 2.24) is 9.97 Å². The number of nitrogen functional groups attached to an aromatic ring is 1. The summed E-state index contributed by atoms with van der Waals surface area (Å²) < 4.78 is 10.3. The SMILES string of the molecule is CCOC(=O)c1cc2c(s1)-c1ccccc1N(C(=O)c1ccc(N)cc1)CC2.CCOC(=O)c1cc2c(s1)-c1ccccc1N(C(=O)c1ccc(NC(=O)c3cc4c(nc3Cl)CCCC4)cc1)CC2.O=C(Cl)c1cc2c(nc1Cl)CCCC2. The number of ether oxygens (including phenoxy) is 2. The zero-order valence-electron chi connectivity index (χ0n) is 45.5. The fourth-order valence-electron chi connectivity index (χ4n) is 10.6. The molecule has 19 heteroatoms. The molecule has 3 amide bonds. The highest BCUT2D eigenvalue weighted by Crippen LogP contribution is 2.44. The molecule has 424 valence electrons. The second-order valence-electron chi connectivity index (χ2n) is 20.0. The second-order valence-corrected chi connectivity index (χ2v) is 23.2. The summed E-state index contributed by atoms with van der Waals surface area (Å²) in [7, 11) is 0. The van der Waals surface area contributed by atoms with Gasteiger partial charge in [0.05, 0.1) is 35.7 Å². The summed E-state index contributed by atoms with van der Waals surface area (Å²) in [5, 5.41) is 2.79. The van der Waals surface area contributed by atoms with Crippen LogP contribution in [0.5, 0.6) is 0 Å². The number of benzene rings is 4. The number of hydrogen-bond donors (Lipinski definition) is 2. The lowest BCUT2D eigenvalue weighted by molar-refractivity contribution is 0.0522. The van der Waals surface area contributed by atoms with Crippen LogP contribution < -0.4 is 20.9 Å². The van der Waals surface area contributed by atoms with Crippen LogP contribution in [0.15, 0.2) is 121 Å². The van der Waals surface area contributed by atoms with E-state index in [1.165, 1.54) is 22.7 Å². The number of thiophene rings is 2. The zero-order valence-corrected chi connectivity index (χ0v) is 49.4. The molecule has 8 aromatic rings. The Morgan fingerprint density at radius 3 is 1.46 bits per heavy atom. The van der Waals surface area contributed by atoms with Gasteiger partial charge in [-0.15, -0.1) is 22.7 Å².